The maximum Gasteiger partial charge on any atom is 0.202 e. The molecule has 3 rings (SSSR count). The van der Waals surface area contributed by atoms with Gasteiger partial charge >= 0.3 is 0 Å². The van der Waals surface area contributed by atoms with Crippen LogP contribution < -0.4 is 10.4 Å². The van der Waals surface area contributed by atoms with Gasteiger partial charge in [0.05, 0.1) is 19.7 Å². The topological polar surface area (TPSA) is 80.2 Å². The summed E-state index contributed by atoms with van der Waals surface area (Å²) in [7, 11) is 0. The number of hydrogen-bond donors (Lipinski definition) is 2. The molecule has 6 nitrogen and oxygen atoms in total. The van der Waals surface area contributed by atoms with Gasteiger partial charge in [0.25, 0.3) is 0 Å². The number of phenolic OH excluding ortho intramolecular Hbond substituents is 1. The molecule has 2 N–H and O–H groups in total. The summed E-state index contributed by atoms with van der Waals surface area (Å²) >= 11 is 0. The van der Waals surface area contributed by atoms with Crippen molar-refractivity contribution < 1.29 is 14.6 Å². The van der Waals surface area contributed by atoms with Crippen LogP contribution in [-0.2, 0) is 23.9 Å². The fourth-order valence-electron chi connectivity index (χ4n) is 4.08. The zero-order valence-electron chi connectivity index (χ0n) is 22.5. The summed E-state index contributed by atoms with van der Waals surface area (Å²) in [5, 5.41) is 19.6. The van der Waals surface area contributed by atoms with Crippen molar-refractivity contribution >= 4 is 22.8 Å². The first-order valence-electron chi connectivity index (χ1n) is 12.2. The average Bonchev–Trinajstić information content (AvgIpc) is 3.10. The fraction of sp³-hybridized carbons (Fsp3) is 0.448. The minimum Gasteiger partial charge on any atom is -0.507 e. The number of carbonyl (C=O) groups excluding carboxylic acids is 1. The number of carbonyl (C=O) groups is 1. The number of para-hydroxylation sites is 1. The Bertz CT molecular complexity index is 1220. The van der Waals surface area contributed by atoms with Gasteiger partial charge in [-0.3, -0.25) is 10.2 Å². The second-order valence-corrected chi connectivity index (χ2v) is 11.2. The number of Topliss-reactive ketones (excluding diaryl/α,β-unsaturated/α-hetero) is 1. The maximum atomic E-state index is 13.4. The number of halogens is 1. The van der Waals surface area contributed by atoms with Gasteiger partial charge in [-0.1, -0.05) is 66.7 Å². The van der Waals surface area contributed by atoms with E-state index in [4.69, 9.17) is 10.1 Å². The minimum atomic E-state index is -0.315. The lowest BCUT2D eigenvalue weighted by atomic mass is 9.78. The zero-order chi connectivity index (χ0) is 26.0. The van der Waals surface area contributed by atoms with Gasteiger partial charge in [-0.2, -0.15) is 0 Å². The Morgan fingerprint density at radius 2 is 1.53 bits per heavy atom. The van der Waals surface area contributed by atoms with E-state index in [1.807, 2.05) is 72.0 Å². The highest BCUT2D eigenvalue weighted by molar-refractivity contribution is 8.93. The Balaban J connectivity index is 0.00000456. The molecule has 0 radical (unpaired) electrons. The van der Waals surface area contributed by atoms with Gasteiger partial charge in [0.1, 0.15) is 11.5 Å². The number of ketones is 1. The molecule has 0 bridgehead atoms. The summed E-state index contributed by atoms with van der Waals surface area (Å²) in [6, 6.07) is 11.5. The Kier molecular flexibility index (Phi) is 9.40. The van der Waals surface area contributed by atoms with Gasteiger partial charge in [-0.25, -0.2) is 0 Å². The van der Waals surface area contributed by atoms with Gasteiger partial charge in [0.15, 0.2) is 5.78 Å². The SMILES string of the molecule is Br.CCCOc1ccccc1Cn1ccn(CC(=O)c2cc(C(C)(C)C)c(O)c(C(C)(C)C)c2)c1=N. The van der Waals surface area contributed by atoms with Gasteiger partial charge in [0, 0.05) is 34.6 Å². The van der Waals surface area contributed by atoms with Crippen molar-refractivity contribution in [3.63, 3.8) is 0 Å². The van der Waals surface area contributed by atoms with E-state index >= 15 is 0 Å². The number of imidazole rings is 1. The quantitative estimate of drug-likeness (QED) is 0.316. The zero-order valence-corrected chi connectivity index (χ0v) is 24.2. The number of hydrogen-bond acceptors (Lipinski definition) is 4. The van der Waals surface area contributed by atoms with Gasteiger partial charge < -0.3 is 19.0 Å². The summed E-state index contributed by atoms with van der Waals surface area (Å²) in [5.41, 5.74) is 2.67. The van der Waals surface area contributed by atoms with Crippen molar-refractivity contribution in [2.75, 3.05) is 6.61 Å². The number of ether oxygens (including phenoxy) is 1. The summed E-state index contributed by atoms with van der Waals surface area (Å²) in [5.74, 6) is 0.980. The minimum absolute atomic E-state index is 0. The van der Waals surface area contributed by atoms with Crippen LogP contribution in [0.4, 0.5) is 0 Å². The predicted octanol–water partition coefficient (Wildman–Crippen LogP) is 6.37. The maximum absolute atomic E-state index is 13.4. The molecule has 3 aromatic rings. The number of rotatable bonds is 8. The molecular formula is C29H40BrN3O3. The smallest absolute Gasteiger partial charge is 0.202 e. The average molecular weight is 559 g/mol. The van der Waals surface area contributed by atoms with Crippen LogP contribution in [-0.4, -0.2) is 26.6 Å². The first kappa shape index (κ1) is 29.4. The lowest BCUT2D eigenvalue weighted by Gasteiger charge is -2.28. The molecule has 0 unspecified atom stereocenters. The summed E-state index contributed by atoms with van der Waals surface area (Å²) < 4.78 is 9.31. The van der Waals surface area contributed by atoms with E-state index in [0.717, 1.165) is 28.9 Å². The van der Waals surface area contributed by atoms with Crippen LogP contribution in [0.2, 0.25) is 0 Å². The Labute approximate surface area is 225 Å². The molecule has 2 aromatic carbocycles. The molecular weight excluding hydrogens is 518 g/mol. The molecule has 0 amide bonds. The molecule has 0 atom stereocenters. The first-order valence-corrected chi connectivity index (χ1v) is 12.2. The molecule has 0 saturated heterocycles. The predicted molar refractivity (Wildman–Crippen MR) is 150 cm³/mol. The fourth-order valence-corrected chi connectivity index (χ4v) is 4.08. The van der Waals surface area contributed by atoms with Crippen LogP contribution in [0.25, 0.3) is 0 Å². The first-order chi connectivity index (χ1) is 16.3. The Morgan fingerprint density at radius 1 is 0.972 bits per heavy atom. The molecule has 1 heterocycles. The molecule has 0 aliphatic carbocycles. The van der Waals surface area contributed by atoms with Crippen LogP contribution in [0.1, 0.15) is 81.9 Å². The lowest BCUT2D eigenvalue weighted by Crippen LogP contribution is -2.28. The van der Waals surface area contributed by atoms with E-state index in [-0.39, 0.29) is 51.5 Å². The second-order valence-electron chi connectivity index (χ2n) is 11.2. The Hall–Kier alpha value is -2.80. The number of phenols is 1. The van der Waals surface area contributed by atoms with E-state index in [9.17, 15) is 9.90 Å². The lowest BCUT2D eigenvalue weighted by molar-refractivity contribution is 0.0969. The van der Waals surface area contributed by atoms with Crippen molar-refractivity contribution in [2.24, 2.45) is 0 Å². The molecule has 0 spiro atoms. The highest BCUT2D eigenvalue weighted by Gasteiger charge is 2.28. The molecule has 1 aromatic heterocycles. The van der Waals surface area contributed by atoms with E-state index in [1.165, 1.54) is 0 Å². The number of aromatic nitrogens is 2. The molecule has 196 valence electrons. The summed E-state index contributed by atoms with van der Waals surface area (Å²) in [4.78, 5) is 13.4. The molecule has 0 aliphatic rings. The number of aromatic hydroxyl groups is 1. The van der Waals surface area contributed by atoms with Crippen molar-refractivity contribution in [2.45, 2.75) is 78.8 Å². The van der Waals surface area contributed by atoms with Crippen molar-refractivity contribution in [3.8, 4) is 11.5 Å². The Morgan fingerprint density at radius 3 is 2.08 bits per heavy atom. The molecule has 7 heteroatoms. The monoisotopic (exact) mass is 557 g/mol. The van der Waals surface area contributed by atoms with Crippen LogP contribution in [0, 0.1) is 5.41 Å². The van der Waals surface area contributed by atoms with Gasteiger partial charge in [0.2, 0.25) is 5.62 Å². The normalized spacial score (nSPS) is 11.8. The molecule has 36 heavy (non-hydrogen) atoms. The van der Waals surface area contributed by atoms with E-state index in [0.29, 0.717) is 18.7 Å². The van der Waals surface area contributed by atoms with E-state index < -0.39 is 0 Å². The number of nitrogens with zero attached hydrogens (tertiary/aromatic N) is 2. The highest BCUT2D eigenvalue weighted by atomic mass is 79.9. The summed E-state index contributed by atoms with van der Waals surface area (Å²) in [6.45, 7) is 15.4. The molecule has 0 aliphatic heterocycles. The van der Waals surface area contributed by atoms with E-state index in [1.54, 1.807) is 27.5 Å². The molecule has 0 fully saturated rings. The van der Waals surface area contributed by atoms with Gasteiger partial charge in [-0.05, 0) is 35.4 Å². The van der Waals surface area contributed by atoms with Crippen molar-refractivity contribution in [3.05, 3.63) is 76.7 Å². The van der Waals surface area contributed by atoms with Crippen LogP contribution in [0.3, 0.4) is 0 Å². The van der Waals surface area contributed by atoms with Crippen LogP contribution in [0.5, 0.6) is 11.5 Å². The largest absolute Gasteiger partial charge is 0.507 e. The van der Waals surface area contributed by atoms with Crippen LogP contribution in [0.15, 0.2) is 48.8 Å². The third-order valence-corrected chi connectivity index (χ3v) is 6.11. The van der Waals surface area contributed by atoms with Crippen molar-refractivity contribution in [1.29, 1.82) is 5.41 Å². The number of benzene rings is 2. The van der Waals surface area contributed by atoms with Crippen LogP contribution >= 0.6 is 17.0 Å². The third-order valence-electron chi connectivity index (χ3n) is 6.11. The summed E-state index contributed by atoms with van der Waals surface area (Å²) in [6.07, 6.45) is 4.52. The highest BCUT2D eigenvalue weighted by Crippen LogP contribution is 2.39. The molecule has 0 saturated carbocycles. The third kappa shape index (κ3) is 6.69. The number of nitrogens with one attached hydrogen (secondary N) is 1. The standard InChI is InChI=1S/C29H39N3O3.BrH/c1-8-15-35-25-12-10-9-11-20(25)18-31-13-14-32(27(31)30)19-24(33)21-16-22(28(2,3)4)26(34)23(17-21)29(5,6)7;/h9-14,16-17,30,34H,8,15,18-19H2,1-7H3;1H. The second kappa shape index (κ2) is 11.5. The van der Waals surface area contributed by atoms with Gasteiger partial charge in [-0.15, -0.1) is 17.0 Å². The van der Waals surface area contributed by atoms with Crippen molar-refractivity contribution in [1.82, 2.24) is 9.13 Å². The van der Waals surface area contributed by atoms with E-state index in [2.05, 4.69) is 6.92 Å².